The summed E-state index contributed by atoms with van der Waals surface area (Å²) in [6.07, 6.45) is 12.6. The van der Waals surface area contributed by atoms with Crippen LogP contribution in [0.2, 0.25) is 0 Å². The molecule has 140 valence electrons. The molecule has 0 aromatic rings. The maximum atomic E-state index is 11.0. The normalized spacial score (nSPS) is 15.2. The number of ether oxygens (including phenoxy) is 1. The largest absolute Gasteiger partial charge is 0.458 e. The lowest BCUT2D eigenvalue weighted by atomic mass is 10.0. The lowest BCUT2D eigenvalue weighted by Crippen LogP contribution is -1.97. The Balaban J connectivity index is 2.30. The number of carbonyl (C=O) groups excluding carboxylic acids is 1. The molecule has 0 fully saturated rings. The first-order chi connectivity index (χ1) is 12.1. The van der Waals surface area contributed by atoms with Crippen molar-refractivity contribution in [2.24, 2.45) is 0 Å². The summed E-state index contributed by atoms with van der Waals surface area (Å²) in [6, 6.07) is 0. The quantitative estimate of drug-likeness (QED) is 0.372. The number of cyclic esters (lactones) is 1. The Kier molecular flexibility index (Phi) is 10.8. The number of hydrogen-bond acceptors (Lipinski definition) is 5. The topological polar surface area (TPSA) is 87.0 Å². The molecule has 3 N–H and O–H groups in total. The van der Waals surface area contributed by atoms with E-state index in [0.29, 0.717) is 18.6 Å². The Morgan fingerprint density at radius 3 is 2.24 bits per heavy atom. The summed E-state index contributed by atoms with van der Waals surface area (Å²) >= 11 is 0. The van der Waals surface area contributed by atoms with E-state index in [1.165, 1.54) is 5.57 Å². The number of hydrogen-bond donors (Lipinski definition) is 3. The van der Waals surface area contributed by atoms with Gasteiger partial charge in [-0.15, -0.1) is 0 Å². The highest BCUT2D eigenvalue weighted by Crippen LogP contribution is 2.16. The summed E-state index contributed by atoms with van der Waals surface area (Å²) in [5, 5.41) is 27.4. The summed E-state index contributed by atoms with van der Waals surface area (Å²) in [6.45, 7) is 2.30. The highest BCUT2D eigenvalue weighted by molar-refractivity contribution is 5.85. The van der Waals surface area contributed by atoms with E-state index in [4.69, 9.17) is 14.9 Å². The fourth-order valence-electron chi connectivity index (χ4n) is 2.55. The maximum absolute atomic E-state index is 11.0. The van der Waals surface area contributed by atoms with Gasteiger partial charge in [0.1, 0.15) is 6.61 Å². The summed E-state index contributed by atoms with van der Waals surface area (Å²) in [5.41, 5.74) is 3.93. The van der Waals surface area contributed by atoms with Gasteiger partial charge >= 0.3 is 5.97 Å². The summed E-state index contributed by atoms with van der Waals surface area (Å²) in [5.74, 6) is -0.239. The number of aliphatic hydroxyl groups is 3. The van der Waals surface area contributed by atoms with Crippen LogP contribution in [0.25, 0.3) is 0 Å². The number of aliphatic hydroxyl groups excluding tert-OH is 3. The standard InChI is InChI=1S/C20H30O5/c1-16(6-3-9-18-11-20(24)25-15-18)5-2-7-17(12-21)8-4-10-19(13-22)14-23/h6-7,10-11,21-23H,2-5,8-9,12-15H2,1H3/b16-6+,17-7+. The van der Waals surface area contributed by atoms with Crippen LogP contribution in [0.5, 0.6) is 0 Å². The van der Waals surface area contributed by atoms with Crippen molar-refractivity contribution >= 4 is 5.97 Å². The molecular formula is C20H30O5. The molecule has 0 bridgehead atoms. The van der Waals surface area contributed by atoms with Crippen LogP contribution in [-0.4, -0.2) is 47.7 Å². The number of allylic oxidation sites excluding steroid dienone is 4. The predicted molar refractivity (Wildman–Crippen MR) is 97.9 cm³/mol. The van der Waals surface area contributed by atoms with E-state index in [9.17, 15) is 9.90 Å². The molecule has 0 aromatic heterocycles. The van der Waals surface area contributed by atoms with Crippen molar-refractivity contribution in [3.8, 4) is 0 Å². The predicted octanol–water partition coefficient (Wildman–Crippen LogP) is 2.59. The van der Waals surface area contributed by atoms with Gasteiger partial charge in [-0.3, -0.25) is 0 Å². The van der Waals surface area contributed by atoms with Crippen LogP contribution in [0.1, 0.15) is 45.4 Å². The lowest BCUT2D eigenvalue weighted by Gasteiger charge is -2.05. The van der Waals surface area contributed by atoms with Gasteiger partial charge in [0, 0.05) is 6.08 Å². The van der Waals surface area contributed by atoms with E-state index in [1.807, 2.05) is 6.08 Å². The minimum atomic E-state index is -0.239. The molecule has 0 radical (unpaired) electrons. The Morgan fingerprint density at radius 1 is 1.00 bits per heavy atom. The summed E-state index contributed by atoms with van der Waals surface area (Å²) in [7, 11) is 0. The van der Waals surface area contributed by atoms with Crippen molar-refractivity contribution in [3.05, 3.63) is 46.6 Å². The number of carbonyl (C=O) groups is 1. The number of rotatable bonds is 12. The minimum absolute atomic E-state index is 0.0341. The molecule has 0 amide bonds. The maximum Gasteiger partial charge on any atom is 0.331 e. The molecule has 1 aliphatic heterocycles. The highest BCUT2D eigenvalue weighted by Gasteiger charge is 2.11. The van der Waals surface area contributed by atoms with Crippen LogP contribution >= 0.6 is 0 Å². The average Bonchev–Trinajstić information content (AvgIpc) is 3.02. The summed E-state index contributed by atoms with van der Waals surface area (Å²) in [4.78, 5) is 11.0. The van der Waals surface area contributed by atoms with Crippen LogP contribution in [0.15, 0.2) is 46.6 Å². The second kappa shape index (κ2) is 12.6. The van der Waals surface area contributed by atoms with Crippen molar-refractivity contribution in [2.45, 2.75) is 45.4 Å². The third kappa shape index (κ3) is 9.39. The monoisotopic (exact) mass is 350 g/mol. The average molecular weight is 350 g/mol. The van der Waals surface area contributed by atoms with Crippen LogP contribution in [0.4, 0.5) is 0 Å². The zero-order valence-electron chi connectivity index (χ0n) is 15.0. The van der Waals surface area contributed by atoms with Gasteiger partial charge in [-0.05, 0) is 62.2 Å². The molecule has 0 aromatic carbocycles. The van der Waals surface area contributed by atoms with E-state index >= 15 is 0 Å². The Hall–Kier alpha value is -1.69. The van der Waals surface area contributed by atoms with E-state index in [0.717, 1.165) is 43.3 Å². The first-order valence-electron chi connectivity index (χ1n) is 8.79. The van der Waals surface area contributed by atoms with Gasteiger partial charge < -0.3 is 20.1 Å². The highest BCUT2D eigenvalue weighted by atomic mass is 16.5. The molecular weight excluding hydrogens is 320 g/mol. The zero-order valence-corrected chi connectivity index (χ0v) is 15.0. The molecule has 1 aliphatic rings. The van der Waals surface area contributed by atoms with E-state index in [2.05, 4.69) is 19.1 Å². The van der Waals surface area contributed by atoms with Crippen molar-refractivity contribution in [2.75, 3.05) is 26.4 Å². The molecule has 5 heteroatoms. The SMILES string of the molecule is C/C(=C\CCC1=CC(=O)OC1)CC/C=C(/CO)CCC=C(CO)CO. The fraction of sp³-hybridized carbons (Fsp3) is 0.550. The van der Waals surface area contributed by atoms with E-state index in [-0.39, 0.29) is 25.8 Å². The first kappa shape index (κ1) is 21.4. The van der Waals surface area contributed by atoms with Gasteiger partial charge in [0.05, 0.1) is 19.8 Å². The molecule has 1 rings (SSSR count). The van der Waals surface area contributed by atoms with Gasteiger partial charge in [-0.2, -0.15) is 0 Å². The van der Waals surface area contributed by atoms with Crippen LogP contribution in [0.3, 0.4) is 0 Å². The Labute approximate surface area is 150 Å². The van der Waals surface area contributed by atoms with E-state index < -0.39 is 0 Å². The van der Waals surface area contributed by atoms with Crippen LogP contribution in [-0.2, 0) is 9.53 Å². The second-order valence-electron chi connectivity index (χ2n) is 6.28. The molecule has 0 unspecified atom stereocenters. The van der Waals surface area contributed by atoms with E-state index in [1.54, 1.807) is 6.08 Å². The lowest BCUT2D eigenvalue weighted by molar-refractivity contribution is -0.134. The molecule has 0 saturated heterocycles. The molecule has 0 spiro atoms. The Morgan fingerprint density at radius 2 is 1.64 bits per heavy atom. The fourth-order valence-corrected chi connectivity index (χ4v) is 2.55. The van der Waals surface area contributed by atoms with Gasteiger partial charge in [0.15, 0.2) is 0 Å². The summed E-state index contributed by atoms with van der Waals surface area (Å²) < 4.78 is 4.87. The van der Waals surface area contributed by atoms with Gasteiger partial charge in [0.25, 0.3) is 0 Å². The third-order valence-corrected chi connectivity index (χ3v) is 4.16. The van der Waals surface area contributed by atoms with Crippen molar-refractivity contribution in [1.82, 2.24) is 0 Å². The Bertz CT molecular complexity index is 534. The second-order valence-corrected chi connectivity index (χ2v) is 6.28. The molecule has 0 aliphatic carbocycles. The molecule has 1 heterocycles. The minimum Gasteiger partial charge on any atom is -0.458 e. The zero-order chi connectivity index (χ0) is 18.5. The number of esters is 1. The molecule has 5 nitrogen and oxygen atoms in total. The van der Waals surface area contributed by atoms with Gasteiger partial charge in [-0.25, -0.2) is 4.79 Å². The van der Waals surface area contributed by atoms with Crippen molar-refractivity contribution in [3.63, 3.8) is 0 Å². The van der Waals surface area contributed by atoms with Crippen molar-refractivity contribution in [1.29, 1.82) is 0 Å². The third-order valence-electron chi connectivity index (χ3n) is 4.16. The first-order valence-corrected chi connectivity index (χ1v) is 8.79. The van der Waals surface area contributed by atoms with Crippen molar-refractivity contribution < 1.29 is 24.9 Å². The van der Waals surface area contributed by atoms with Crippen LogP contribution < -0.4 is 0 Å². The molecule has 25 heavy (non-hydrogen) atoms. The van der Waals surface area contributed by atoms with Gasteiger partial charge in [0.2, 0.25) is 0 Å². The molecule has 0 saturated carbocycles. The molecule has 0 atom stereocenters. The van der Waals surface area contributed by atoms with Gasteiger partial charge in [-0.1, -0.05) is 23.8 Å². The van der Waals surface area contributed by atoms with Crippen LogP contribution in [0, 0.1) is 0 Å². The smallest absolute Gasteiger partial charge is 0.331 e.